The van der Waals surface area contributed by atoms with Gasteiger partial charge in [-0.2, -0.15) is 13.2 Å². The predicted octanol–water partition coefficient (Wildman–Crippen LogP) is 1.58. The number of benzene rings is 1. The fourth-order valence-electron chi connectivity index (χ4n) is 2.38. The Morgan fingerprint density at radius 1 is 1.36 bits per heavy atom. The standard InChI is InChI=1S/C14H14F4N2O4S/c1-25(23,24)9-2-3-10(15)11(5-9)19-13(22)8-4-12(21)20(6-8)7-14(16,17)18/h2-3,5,8H,4,6-7H2,1H3,(H,19,22). The van der Waals surface area contributed by atoms with Crippen LogP contribution in [-0.2, 0) is 19.4 Å². The van der Waals surface area contributed by atoms with Crippen molar-refractivity contribution in [1.82, 2.24) is 4.90 Å². The highest BCUT2D eigenvalue weighted by Crippen LogP contribution is 2.26. The minimum Gasteiger partial charge on any atom is -0.333 e. The topological polar surface area (TPSA) is 83.5 Å². The Kier molecular flexibility index (Phi) is 5.07. The highest BCUT2D eigenvalue weighted by molar-refractivity contribution is 7.90. The Morgan fingerprint density at radius 3 is 2.56 bits per heavy atom. The van der Waals surface area contributed by atoms with Crippen LogP contribution in [0.25, 0.3) is 0 Å². The number of amides is 2. The highest BCUT2D eigenvalue weighted by atomic mass is 32.2. The van der Waals surface area contributed by atoms with Gasteiger partial charge in [-0.15, -0.1) is 0 Å². The molecular formula is C14H14F4N2O4S. The van der Waals surface area contributed by atoms with Gasteiger partial charge in [-0.3, -0.25) is 9.59 Å². The first-order valence-electron chi connectivity index (χ1n) is 7.02. The SMILES string of the molecule is CS(=O)(=O)c1ccc(F)c(NC(=O)C2CC(=O)N(CC(F)(F)F)C2)c1. The van der Waals surface area contributed by atoms with Crippen molar-refractivity contribution >= 4 is 27.3 Å². The van der Waals surface area contributed by atoms with Crippen LogP contribution in [0.5, 0.6) is 0 Å². The summed E-state index contributed by atoms with van der Waals surface area (Å²) in [5.41, 5.74) is -0.422. The summed E-state index contributed by atoms with van der Waals surface area (Å²) in [4.78, 5) is 23.9. The molecule has 0 aliphatic carbocycles. The van der Waals surface area contributed by atoms with Crippen molar-refractivity contribution in [2.24, 2.45) is 5.92 Å². The van der Waals surface area contributed by atoms with Crippen LogP contribution < -0.4 is 5.32 Å². The van der Waals surface area contributed by atoms with Gasteiger partial charge in [0.25, 0.3) is 0 Å². The molecule has 1 aliphatic rings. The molecule has 0 saturated carbocycles. The third-order valence-electron chi connectivity index (χ3n) is 3.58. The van der Waals surface area contributed by atoms with E-state index >= 15 is 0 Å². The van der Waals surface area contributed by atoms with E-state index in [0.717, 1.165) is 24.5 Å². The predicted molar refractivity (Wildman–Crippen MR) is 78.9 cm³/mol. The molecule has 1 N–H and O–H groups in total. The molecule has 0 aromatic heterocycles. The average molecular weight is 382 g/mol. The van der Waals surface area contributed by atoms with Crippen molar-refractivity contribution < 1.29 is 35.6 Å². The van der Waals surface area contributed by atoms with Crippen LogP contribution in [0.1, 0.15) is 6.42 Å². The van der Waals surface area contributed by atoms with E-state index in [1.807, 2.05) is 0 Å². The summed E-state index contributed by atoms with van der Waals surface area (Å²) in [6, 6.07) is 2.78. The number of carbonyl (C=O) groups is 2. The minimum absolute atomic E-state index is 0.231. The molecule has 0 spiro atoms. The zero-order valence-corrected chi connectivity index (χ0v) is 13.7. The maximum Gasteiger partial charge on any atom is 0.406 e. The number of likely N-dealkylation sites (tertiary alicyclic amines) is 1. The van der Waals surface area contributed by atoms with Gasteiger partial charge in [0.05, 0.1) is 16.5 Å². The first-order chi connectivity index (χ1) is 11.4. The number of halogens is 4. The van der Waals surface area contributed by atoms with Gasteiger partial charge in [-0.25, -0.2) is 12.8 Å². The first-order valence-corrected chi connectivity index (χ1v) is 8.91. The second-order valence-electron chi connectivity index (χ2n) is 5.69. The molecular weight excluding hydrogens is 368 g/mol. The van der Waals surface area contributed by atoms with Crippen molar-refractivity contribution in [2.45, 2.75) is 17.5 Å². The van der Waals surface area contributed by atoms with Crippen molar-refractivity contribution in [3.63, 3.8) is 0 Å². The molecule has 1 saturated heterocycles. The van der Waals surface area contributed by atoms with Gasteiger partial charge < -0.3 is 10.2 Å². The second-order valence-corrected chi connectivity index (χ2v) is 7.71. The summed E-state index contributed by atoms with van der Waals surface area (Å²) in [6.07, 6.45) is -4.12. The molecule has 1 aromatic rings. The van der Waals surface area contributed by atoms with Gasteiger partial charge in [0.1, 0.15) is 12.4 Å². The van der Waals surface area contributed by atoms with Crippen LogP contribution in [0.3, 0.4) is 0 Å². The van der Waals surface area contributed by atoms with E-state index in [0.29, 0.717) is 4.90 Å². The molecule has 0 bridgehead atoms. The third kappa shape index (κ3) is 4.91. The lowest BCUT2D eigenvalue weighted by Crippen LogP contribution is -2.36. The Balaban J connectivity index is 2.12. The third-order valence-corrected chi connectivity index (χ3v) is 4.69. The zero-order chi connectivity index (χ0) is 19.0. The molecule has 1 fully saturated rings. The van der Waals surface area contributed by atoms with E-state index in [9.17, 15) is 35.6 Å². The molecule has 1 unspecified atom stereocenters. The summed E-state index contributed by atoms with van der Waals surface area (Å²) < 4.78 is 73.8. The van der Waals surface area contributed by atoms with Crippen molar-refractivity contribution in [1.29, 1.82) is 0 Å². The highest BCUT2D eigenvalue weighted by Gasteiger charge is 2.40. The Bertz CT molecular complexity index is 808. The molecule has 1 heterocycles. The Morgan fingerprint density at radius 2 is 2.00 bits per heavy atom. The number of nitrogens with one attached hydrogen (secondary N) is 1. The second kappa shape index (κ2) is 6.62. The lowest BCUT2D eigenvalue weighted by atomic mass is 10.1. The number of rotatable bonds is 4. The molecule has 1 aromatic carbocycles. The number of alkyl halides is 3. The van der Waals surface area contributed by atoms with E-state index in [2.05, 4.69) is 5.32 Å². The number of carbonyl (C=O) groups excluding carboxylic acids is 2. The molecule has 0 radical (unpaired) electrons. The van der Waals surface area contributed by atoms with Crippen molar-refractivity contribution in [3.8, 4) is 0 Å². The summed E-state index contributed by atoms with van der Waals surface area (Å²) in [7, 11) is -3.64. The molecule has 138 valence electrons. The van der Waals surface area contributed by atoms with Crippen LogP contribution in [-0.4, -0.2) is 50.7 Å². The van der Waals surface area contributed by atoms with Gasteiger partial charge in [-0.05, 0) is 18.2 Å². The monoisotopic (exact) mass is 382 g/mol. The summed E-state index contributed by atoms with van der Waals surface area (Å²) in [6.45, 7) is -1.91. The van der Waals surface area contributed by atoms with Crippen molar-refractivity contribution in [3.05, 3.63) is 24.0 Å². The number of nitrogens with zero attached hydrogens (tertiary/aromatic N) is 1. The van der Waals surface area contributed by atoms with Crippen LogP contribution >= 0.6 is 0 Å². The molecule has 1 aliphatic heterocycles. The summed E-state index contributed by atoms with van der Waals surface area (Å²) in [5, 5.41) is 2.13. The van der Waals surface area contributed by atoms with Crippen LogP contribution in [0.4, 0.5) is 23.2 Å². The fraction of sp³-hybridized carbons (Fsp3) is 0.429. The summed E-state index contributed by atoms with van der Waals surface area (Å²) in [5.74, 6) is -3.68. The average Bonchev–Trinajstić information content (AvgIpc) is 2.79. The van der Waals surface area contributed by atoms with Crippen LogP contribution in [0.15, 0.2) is 23.1 Å². The molecule has 6 nitrogen and oxygen atoms in total. The lowest BCUT2D eigenvalue weighted by molar-refractivity contribution is -0.157. The van der Waals surface area contributed by atoms with E-state index in [1.54, 1.807) is 0 Å². The molecule has 1 atom stereocenters. The van der Waals surface area contributed by atoms with E-state index < -0.39 is 64.8 Å². The summed E-state index contributed by atoms with van der Waals surface area (Å²) >= 11 is 0. The van der Waals surface area contributed by atoms with E-state index in [4.69, 9.17) is 0 Å². The molecule has 11 heteroatoms. The van der Waals surface area contributed by atoms with Gasteiger partial charge in [0, 0.05) is 19.2 Å². The van der Waals surface area contributed by atoms with Gasteiger partial charge in [0.2, 0.25) is 11.8 Å². The first kappa shape index (κ1) is 19.2. The maximum absolute atomic E-state index is 13.7. The lowest BCUT2D eigenvalue weighted by Gasteiger charge is -2.18. The van der Waals surface area contributed by atoms with Crippen LogP contribution in [0.2, 0.25) is 0 Å². The van der Waals surface area contributed by atoms with Gasteiger partial charge >= 0.3 is 6.18 Å². The van der Waals surface area contributed by atoms with E-state index in [1.165, 1.54) is 0 Å². The quantitative estimate of drug-likeness (QED) is 0.633. The number of anilines is 1. The van der Waals surface area contributed by atoms with Gasteiger partial charge in [0.15, 0.2) is 9.84 Å². The smallest absolute Gasteiger partial charge is 0.333 e. The van der Waals surface area contributed by atoms with Gasteiger partial charge in [-0.1, -0.05) is 0 Å². The number of hydrogen-bond acceptors (Lipinski definition) is 4. The number of sulfone groups is 1. The maximum atomic E-state index is 13.7. The van der Waals surface area contributed by atoms with Crippen molar-refractivity contribution in [2.75, 3.05) is 24.7 Å². The minimum atomic E-state index is -4.59. The molecule has 2 amide bonds. The molecule has 2 rings (SSSR count). The Hall–Kier alpha value is -2.17. The Labute approximate surface area is 140 Å². The normalized spacial score (nSPS) is 18.5. The van der Waals surface area contributed by atoms with Crippen LogP contribution in [0, 0.1) is 11.7 Å². The fourth-order valence-corrected chi connectivity index (χ4v) is 3.03. The van der Waals surface area contributed by atoms with E-state index in [-0.39, 0.29) is 4.90 Å². The zero-order valence-electron chi connectivity index (χ0n) is 12.9. The number of hydrogen-bond donors (Lipinski definition) is 1. The molecule has 25 heavy (non-hydrogen) atoms. The largest absolute Gasteiger partial charge is 0.406 e.